The van der Waals surface area contributed by atoms with Crippen LogP contribution in [-0.4, -0.2) is 21.6 Å². The summed E-state index contributed by atoms with van der Waals surface area (Å²) in [6.45, 7) is 5.33. The minimum absolute atomic E-state index is 0. The number of hydrogen-bond acceptors (Lipinski definition) is 5. The zero-order valence-electron chi connectivity index (χ0n) is 13.2. The summed E-state index contributed by atoms with van der Waals surface area (Å²) in [5, 5.41) is 12.5. The summed E-state index contributed by atoms with van der Waals surface area (Å²) in [6, 6.07) is 7.70. The summed E-state index contributed by atoms with van der Waals surface area (Å²) in [5.41, 5.74) is 1.88. The minimum Gasteiger partial charge on any atom is -0.483 e. The van der Waals surface area contributed by atoms with Gasteiger partial charge in [0.2, 0.25) is 0 Å². The second-order valence-electron chi connectivity index (χ2n) is 5.18. The number of aliphatic hydroxyl groups excluding tert-OH is 1. The van der Waals surface area contributed by atoms with Crippen molar-refractivity contribution in [3.63, 3.8) is 0 Å². The Morgan fingerprint density at radius 3 is 2.78 bits per heavy atom. The van der Waals surface area contributed by atoms with E-state index >= 15 is 0 Å². The zero-order valence-corrected chi connectivity index (χ0v) is 13.2. The molecule has 0 radical (unpaired) electrons. The van der Waals surface area contributed by atoms with Gasteiger partial charge < -0.3 is 15.2 Å². The second kappa shape index (κ2) is 9.79. The maximum absolute atomic E-state index is 9.17. The normalized spacial score (nSPS) is 10.0. The minimum atomic E-state index is 0. The van der Waals surface area contributed by atoms with E-state index in [-0.39, 0.29) is 14.0 Å². The van der Waals surface area contributed by atoms with Crippen LogP contribution in [-0.2, 0) is 13.2 Å². The first-order valence-corrected chi connectivity index (χ1v) is 7.62. The SMILES string of the molecule is C.CCCCNc1nc(C)ncc1OCc1cccc(CO)c1. The molecule has 1 aromatic heterocycles. The molecule has 126 valence electrons. The third kappa shape index (κ3) is 5.87. The lowest BCUT2D eigenvalue weighted by Crippen LogP contribution is -2.08. The molecular formula is C18H27N3O2. The summed E-state index contributed by atoms with van der Waals surface area (Å²) in [5.74, 6) is 2.10. The highest BCUT2D eigenvalue weighted by molar-refractivity contribution is 5.48. The van der Waals surface area contributed by atoms with Gasteiger partial charge in [-0.05, 0) is 24.5 Å². The van der Waals surface area contributed by atoms with E-state index in [9.17, 15) is 5.11 Å². The average Bonchev–Trinajstić information content (AvgIpc) is 2.54. The maximum atomic E-state index is 9.17. The Balaban J connectivity index is 0.00000264. The predicted molar refractivity (Wildman–Crippen MR) is 93.6 cm³/mol. The molecule has 0 aliphatic heterocycles. The summed E-state index contributed by atoms with van der Waals surface area (Å²) in [4.78, 5) is 8.60. The molecule has 0 unspecified atom stereocenters. The molecular weight excluding hydrogens is 290 g/mol. The molecule has 2 aromatic rings. The topological polar surface area (TPSA) is 67.3 Å². The van der Waals surface area contributed by atoms with Crippen molar-refractivity contribution >= 4 is 5.82 Å². The van der Waals surface area contributed by atoms with Gasteiger partial charge in [0.25, 0.3) is 0 Å². The molecule has 5 heteroatoms. The van der Waals surface area contributed by atoms with Gasteiger partial charge in [-0.2, -0.15) is 0 Å². The molecule has 5 nitrogen and oxygen atoms in total. The van der Waals surface area contributed by atoms with Gasteiger partial charge in [0.15, 0.2) is 11.6 Å². The summed E-state index contributed by atoms with van der Waals surface area (Å²) < 4.78 is 5.84. The first kappa shape index (κ1) is 18.9. The molecule has 0 saturated carbocycles. The fourth-order valence-electron chi connectivity index (χ4n) is 2.05. The molecule has 0 fully saturated rings. The number of aromatic nitrogens is 2. The molecule has 1 heterocycles. The number of anilines is 1. The highest BCUT2D eigenvalue weighted by Crippen LogP contribution is 2.22. The van der Waals surface area contributed by atoms with Gasteiger partial charge in [-0.3, -0.25) is 0 Å². The van der Waals surface area contributed by atoms with Crippen molar-refractivity contribution in [3.8, 4) is 5.75 Å². The molecule has 0 amide bonds. The van der Waals surface area contributed by atoms with Crippen LogP contribution in [0.25, 0.3) is 0 Å². The van der Waals surface area contributed by atoms with Crippen LogP contribution < -0.4 is 10.1 Å². The van der Waals surface area contributed by atoms with E-state index < -0.39 is 0 Å². The highest BCUT2D eigenvalue weighted by atomic mass is 16.5. The van der Waals surface area contributed by atoms with Crippen molar-refractivity contribution in [2.75, 3.05) is 11.9 Å². The predicted octanol–water partition coefficient (Wildman–Crippen LogP) is 3.70. The molecule has 0 saturated heterocycles. The summed E-state index contributed by atoms with van der Waals surface area (Å²) >= 11 is 0. The Morgan fingerprint density at radius 1 is 1.26 bits per heavy atom. The highest BCUT2D eigenvalue weighted by Gasteiger charge is 2.07. The monoisotopic (exact) mass is 317 g/mol. The van der Waals surface area contributed by atoms with Crippen molar-refractivity contribution in [2.24, 2.45) is 0 Å². The summed E-state index contributed by atoms with van der Waals surface area (Å²) in [7, 11) is 0. The standard InChI is InChI=1S/C17H23N3O2.CH4/c1-3-4-8-18-17-16(10-19-13(2)20-17)22-12-15-7-5-6-14(9-15)11-21;/h5-7,9-10,21H,3-4,8,11-12H2,1-2H3,(H,18,19,20);1H4. The number of benzene rings is 1. The van der Waals surface area contributed by atoms with Crippen molar-refractivity contribution < 1.29 is 9.84 Å². The number of rotatable bonds is 8. The lowest BCUT2D eigenvalue weighted by molar-refractivity contribution is 0.280. The Labute approximate surface area is 138 Å². The Hall–Kier alpha value is -2.14. The van der Waals surface area contributed by atoms with Crippen LogP contribution in [0.2, 0.25) is 0 Å². The molecule has 0 aliphatic carbocycles. The molecule has 0 aliphatic rings. The third-order valence-electron chi connectivity index (χ3n) is 3.27. The zero-order chi connectivity index (χ0) is 15.8. The molecule has 23 heavy (non-hydrogen) atoms. The van der Waals surface area contributed by atoms with Gasteiger partial charge in [0.05, 0.1) is 12.8 Å². The number of aliphatic hydroxyl groups is 1. The van der Waals surface area contributed by atoms with E-state index in [4.69, 9.17) is 4.74 Å². The van der Waals surface area contributed by atoms with Gasteiger partial charge in [-0.25, -0.2) is 9.97 Å². The average molecular weight is 317 g/mol. The Kier molecular flexibility index (Phi) is 8.05. The van der Waals surface area contributed by atoms with Gasteiger partial charge in [0, 0.05) is 6.54 Å². The lowest BCUT2D eigenvalue weighted by atomic mass is 10.1. The smallest absolute Gasteiger partial charge is 0.180 e. The van der Waals surface area contributed by atoms with E-state index in [1.807, 2.05) is 31.2 Å². The maximum Gasteiger partial charge on any atom is 0.180 e. The first-order valence-electron chi connectivity index (χ1n) is 7.62. The van der Waals surface area contributed by atoms with Crippen molar-refractivity contribution in [3.05, 3.63) is 47.4 Å². The van der Waals surface area contributed by atoms with Gasteiger partial charge in [-0.15, -0.1) is 0 Å². The summed E-state index contributed by atoms with van der Waals surface area (Å²) in [6.07, 6.45) is 3.91. The van der Waals surface area contributed by atoms with Crippen LogP contribution in [0.4, 0.5) is 5.82 Å². The van der Waals surface area contributed by atoms with E-state index in [0.717, 1.165) is 36.3 Å². The lowest BCUT2D eigenvalue weighted by Gasteiger charge is -2.12. The van der Waals surface area contributed by atoms with E-state index in [1.54, 1.807) is 6.20 Å². The van der Waals surface area contributed by atoms with Crippen LogP contribution >= 0.6 is 0 Å². The van der Waals surface area contributed by atoms with Crippen LogP contribution in [0.15, 0.2) is 30.5 Å². The molecule has 0 spiro atoms. The number of nitrogens with zero attached hydrogens (tertiary/aromatic N) is 2. The van der Waals surface area contributed by atoms with Gasteiger partial charge in [-0.1, -0.05) is 45.0 Å². The van der Waals surface area contributed by atoms with Crippen molar-refractivity contribution in [1.29, 1.82) is 0 Å². The van der Waals surface area contributed by atoms with Crippen LogP contribution in [0.1, 0.15) is 44.1 Å². The van der Waals surface area contributed by atoms with E-state index in [1.165, 1.54) is 0 Å². The van der Waals surface area contributed by atoms with Crippen LogP contribution in [0.5, 0.6) is 5.75 Å². The largest absolute Gasteiger partial charge is 0.483 e. The molecule has 2 N–H and O–H groups in total. The molecule has 2 rings (SSSR count). The van der Waals surface area contributed by atoms with Gasteiger partial charge >= 0.3 is 0 Å². The fourth-order valence-corrected chi connectivity index (χ4v) is 2.05. The molecule has 0 bridgehead atoms. The first-order chi connectivity index (χ1) is 10.7. The number of aryl methyl sites for hydroxylation is 1. The quantitative estimate of drug-likeness (QED) is 0.727. The molecule has 1 aromatic carbocycles. The third-order valence-corrected chi connectivity index (χ3v) is 3.27. The van der Waals surface area contributed by atoms with Crippen molar-refractivity contribution in [1.82, 2.24) is 9.97 Å². The number of unbranched alkanes of at least 4 members (excludes halogenated alkanes) is 1. The second-order valence-corrected chi connectivity index (χ2v) is 5.18. The Morgan fingerprint density at radius 2 is 2.04 bits per heavy atom. The van der Waals surface area contributed by atoms with Crippen LogP contribution in [0.3, 0.4) is 0 Å². The van der Waals surface area contributed by atoms with Crippen molar-refractivity contribution in [2.45, 2.75) is 47.3 Å². The Bertz CT molecular complexity index is 603. The molecule has 0 atom stereocenters. The van der Waals surface area contributed by atoms with E-state index in [2.05, 4.69) is 22.2 Å². The number of ether oxygens (including phenoxy) is 1. The number of nitrogens with one attached hydrogen (secondary N) is 1. The van der Waals surface area contributed by atoms with E-state index in [0.29, 0.717) is 18.2 Å². The fraction of sp³-hybridized carbons (Fsp3) is 0.444. The number of hydrogen-bond donors (Lipinski definition) is 2. The van der Waals surface area contributed by atoms with Gasteiger partial charge in [0.1, 0.15) is 12.4 Å². The van der Waals surface area contributed by atoms with Crippen LogP contribution in [0, 0.1) is 6.92 Å².